The molecule has 2 N–H and O–H groups in total. The average molecular weight is 230 g/mol. The van der Waals surface area contributed by atoms with Crippen LogP contribution in [0.3, 0.4) is 0 Å². The van der Waals surface area contributed by atoms with Crippen LogP contribution in [-0.4, -0.2) is 29.5 Å². The van der Waals surface area contributed by atoms with E-state index >= 15 is 0 Å². The van der Waals surface area contributed by atoms with E-state index in [2.05, 4.69) is 11.9 Å². The normalized spacial score (nSPS) is 12.2. The molecule has 0 unspecified atom stereocenters. The average Bonchev–Trinajstić information content (AvgIpc) is 2.55. The highest BCUT2D eigenvalue weighted by molar-refractivity contribution is 5.84. The van der Waals surface area contributed by atoms with Gasteiger partial charge in [-0.05, 0) is 13.3 Å². The van der Waals surface area contributed by atoms with Crippen molar-refractivity contribution in [2.75, 3.05) is 6.54 Å². The summed E-state index contributed by atoms with van der Waals surface area (Å²) in [6.07, 6.45) is 1.76. The summed E-state index contributed by atoms with van der Waals surface area (Å²) in [7, 11) is 0. The molecule has 0 bridgehead atoms. The molecule has 1 saturated heterocycles. The smallest absolute Gasteiger partial charge is 0.352 e. The third-order valence-electron chi connectivity index (χ3n) is 1.27. The van der Waals surface area contributed by atoms with Crippen LogP contribution in [0.4, 0.5) is 0 Å². The molecule has 0 atom stereocenters. The van der Waals surface area contributed by atoms with E-state index in [-0.39, 0.29) is 11.5 Å². The number of carboxylic acids is 1. The van der Waals surface area contributed by atoms with E-state index in [1.807, 2.05) is 0 Å². The van der Waals surface area contributed by atoms with Gasteiger partial charge in [0.05, 0.1) is 0 Å². The molecule has 6 nitrogen and oxygen atoms in total. The maximum Gasteiger partial charge on any atom is 0.352 e. The predicted octanol–water partition coefficient (Wildman–Crippen LogP) is 0.507. The third-order valence-corrected chi connectivity index (χ3v) is 1.27. The van der Waals surface area contributed by atoms with Crippen LogP contribution in [0.25, 0.3) is 0 Å². The van der Waals surface area contributed by atoms with E-state index in [0.717, 1.165) is 26.3 Å². The Bertz CT molecular complexity index is 248. The van der Waals surface area contributed by atoms with E-state index in [1.165, 1.54) is 6.92 Å². The lowest BCUT2D eigenvalue weighted by Gasteiger charge is -1.80. The fraction of sp³-hybridized carbons (Fsp3) is 0.500. The lowest BCUT2D eigenvalue weighted by Crippen LogP contribution is -2.12. The van der Waals surface area contributed by atoms with Gasteiger partial charge in [0, 0.05) is 25.5 Å². The van der Waals surface area contributed by atoms with Gasteiger partial charge in [-0.2, -0.15) is 0 Å². The summed E-state index contributed by atoms with van der Waals surface area (Å²) in [4.78, 5) is 28.6. The fourth-order valence-electron chi connectivity index (χ4n) is 0.565. The molecule has 1 rings (SSSR count). The Kier molecular flexibility index (Phi) is 10.0. The Labute approximate surface area is 94.0 Å². The molecule has 1 radical (unpaired) electrons. The van der Waals surface area contributed by atoms with Crippen LogP contribution in [0, 0.1) is 0 Å². The minimum atomic E-state index is -1.08. The van der Waals surface area contributed by atoms with E-state index in [9.17, 15) is 9.59 Å². The van der Waals surface area contributed by atoms with Crippen molar-refractivity contribution < 1.29 is 24.6 Å². The van der Waals surface area contributed by atoms with Crippen molar-refractivity contribution in [3.05, 3.63) is 12.2 Å². The highest BCUT2D eigenvalue weighted by Crippen LogP contribution is 1.93. The molecular weight excluding hydrogens is 214 g/mol. The summed E-state index contributed by atoms with van der Waals surface area (Å²) in [5, 5.41) is 19.5. The summed E-state index contributed by atoms with van der Waals surface area (Å²) in [6, 6.07) is 0. The maximum atomic E-state index is 10.1. The second kappa shape index (κ2) is 9.70. The van der Waals surface area contributed by atoms with Crippen LogP contribution in [0.2, 0.25) is 0 Å². The molecule has 1 amide bonds. The first kappa shape index (κ1) is 16.6. The molecule has 1 heterocycles. The summed E-state index contributed by atoms with van der Waals surface area (Å²) in [6.45, 7) is 6.46. The van der Waals surface area contributed by atoms with Gasteiger partial charge >= 0.3 is 11.9 Å². The Morgan fingerprint density at radius 3 is 1.81 bits per heavy atom. The second-order valence-electron chi connectivity index (χ2n) is 3.03. The first-order valence-corrected chi connectivity index (χ1v) is 4.60. The second-order valence-corrected chi connectivity index (χ2v) is 3.03. The van der Waals surface area contributed by atoms with Crippen LogP contribution in [0.1, 0.15) is 26.7 Å². The molecule has 1 aliphatic rings. The van der Waals surface area contributed by atoms with Crippen LogP contribution >= 0.6 is 0 Å². The minimum Gasteiger partial charge on any atom is -0.478 e. The number of hydrogen-bond donors (Lipinski definition) is 2. The van der Waals surface area contributed by atoms with Crippen molar-refractivity contribution in [2.24, 2.45) is 0 Å². The van der Waals surface area contributed by atoms with Gasteiger partial charge in [-0.1, -0.05) is 6.58 Å². The van der Waals surface area contributed by atoms with Gasteiger partial charge in [-0.3, -0.25) is 4.79 Å². The molecule has 0 aromatic carbocycles. The van der Waals surface area contributed by atoms with Crippen molar-refractivity contribution in [1.29, 1.82) is 0 Å². The Balaban J connectivity index is 0. The summed E-state index contributed by atoms with van der Waals surface area (Å²) >= 11 is 0. The van der Waals surface area contributed by atoms with Crippen LogP contribution in [0.5, 0.6) is 0 Å². The number of nitrogens with one attached hydrogen (secondary N) is 1. The van der Waals surface area contributed by atoms with Crippen molar-refractivity contribution in [2.45, 2.75) is 26.7 Å². The van der Waals surface area contributed by atoms with Crippen molar-refractivity contribution in [3.8, 4) is 0 Å². The Hall–Kier alpha value is -1.85. The van der Waals surface area contributed by atoms with Crippen LogP contribution in [-0.2, 0) is 19.5 Å². The molecule has 91 valence electrons. The molecule has 16 heavy (non-hydrogen) atoms. The van der Waals surface area contributed by atoms with Gasteiger partial charge in [0.25, 0.3) is 0 Å². The van der Waals surface area contributed by atoms with Gasteiger partial charge in [0.1, 0.15) is 0 Å². The van der Waals surface area contributed by atoms with Crippen LogP contribution in [0.15, 0.2) is 12.2 Å². The van der Waals surface area contributed by atoms with Crippen molar-refractivity contribution >= 4 is 17.8 Å². The van der Waals surface area contributed by atoms with E-state index in [1.54, 1.807) is 0 Å². The maximum absolute atomic E-state index is 10.1. The quantitative estimate of drug-likeness (QED) is 0.640. The van der Waals surface area contributed by atoms with Crippen LogP contribution < -0.4 is 5.32 Å². The molecule has 0 aromatic heterocycles. The standard InChI is InChI=1S/C4H7NO.C4H6O2.C2H3O2/c6-4-2-1-3-5-4;1-3(2)4(5)6;1-2(3)4/h1-3H2,(H,5,6);1H2,2H3,(H,5,6);1H3. The molecule has 0 aromatic rings. The van der Waals surface area contributed by atoms with Gasteiger partial charge in [0.15, 0.2) is 0 Å². The molecule has 0 saturated carbocycles. The summed E-state index contributed by atoms with van der Waals surface area (Å²) in [5.74, 6) is -1.81. The van der Waals surface area contributed by atoms with Gasteiger partial charge in [0.2, 0.25) is 5.91 Å². The lowest BCUT2D eigenvalue weighted by molar-refractivity contribution is -0.140. The highest BCUT2D eigenvalue weighted by Gasteiger charge is 2.05. The van der Waals surface area contributed by atoms with Gasteiger partial charge in [-0.15, -0.1) is 0 Å². The summed E-state index contributed by atoms with van der Waals surface area (Å²) in [5.41, 5.74) is 0.176. The van der Waals surface area contributed by atoms with Crippen molar-refractivity contribution in [1.82, 2.24) is 5.32 Å². The molecule has 1 fully saturated rings. The number of carbonyl (C=O) groups excluding carboxylic acids is 2. The van der Waals surface area contributed by atoms with Gasteiger partial charge < -0.3 is 10.4 Å². The van der Waals surface area contributed by atoms with Crippen molar-refractivity contribution in [3.63, 3.8) is 0 Å². The van der Waals surface area contributed by atoms with E-state index in [4.69, 9.17) is 15.0 Å². The number of aliphatic carboxylic acids is 1. The Morgan fingerprint density at radius 1 is 1.38 bits per heavy atom. The van der Waals surface area contributed by atoms with Gasteiger partial charge in [-0.25, -0.2) is 14.7 Å². The molecule has 0 spiro atoms. The monoisotopic (exact) mass is 230 g/mol. The minimum absolute atomic E-state index is 0.176. The number of carboxylic acid groups (broad SMARTS) is 1. The number of hydrogen-bond acceptors (Lipinski definition) is 3. The first-order valence-electron chi connectivity index (χ1n) is 4.60. The zero-order valence-corrected chi connectivity index (χ0v) is 9.41. The largest absolute Gasteiger partial charge is 0.478 e. The molecular formula is C10H16NO5. The van der Waals surface area contributed by atoms with E-state index in [0.29, 0.717) is 0 Å². The molecule has 1 aliphatic heterocycles. The predicted molar refractivity (Wildman–Crippen MR) is 56.1 cm³/mol. The summed E-state index contributed by atoms with van der Waals surface area (Å²) < 4.78 is 0. The zero-order valence-electron chi connectivity index (χ0n) is 9.41. The zero-order chi connectivity index (χ0) is 13.1. The fourth-order valence-corrected chi connectivity index (χ4v) is 0.565. The Morgan fingerprint density at radius 2 is 1.75 bits per heavy atom. The SMILES string of the molecule is C=C(C)C(=O)O.CC([O])=O.O=C1CCCN1. The van der Waals surface area contributed by atoms with E-state index < -0.39 is 11.9 Å². The molecule has 6 heteroatoms. The number of carbonyl (C=O) groups is 3. The number of rotatable bonds is 1. The topological polar surface area (TPSA) is 103 Å². The lowest BCUT2D eigenvalue weighted by atomic mass is 10.4. The molecule has 0 aliphatic carbocycles. The first-order chi connectivity index (χ1) is 7.27. The third kappa shape index (κ3) is 18.0. The highest BCUT2D eigenvalue weighted by atomic mass is 16.4. The number of amides is 1.